The topological polar surface area (TPSA) is 40.5 Å². The summed E-state index contributed by atoms with van der Waals surface area (Å²) in [4.78, 5) is 0. The minimum Gasteiger partial charge on any atom is -0.511 e. The van der Waals surface area contributed by atoms with Gasteiger partial charge in [0.1, 0.15) is 5.76 Å². The zero-order valence-electron chi connectivity index (χ0n) is 11.1. The maximum absolute atomic E-state index is 10.4. The highest BCUT2D eigenvalue weighted by molar-refractivity contribution is 5.43. The lowest BCUT2D eigenvalue weighted by molar-refractivity contribution is 0.0328. The molecule has 0 spiro atoms. The summed E-state index contributed by atoms with van der Waals surface area (Å²) < 4.78 is 0. The molecular formula is C15H22O2. The Labute approximate surface area is 103 Å². The molecule has 0 aliphatic heterocycles. The van der Waals surface area contributed by atoms with E-state index in [-0.39, 0.29) is 11.7 Å². The van der Waals surface area contributed by atoms with Crippen molar-refractivity contribution in [2.45, 2.75) is 33.8 Å². The van der Waals surface area contributed by atoms with Crippen LogP contribution in [-0.2, 0) is 0 Å². The summed E-state index contributed by atoms with van der Waals surface area (Å²) in [6, 6.07) is 7.42. The average molecular weight is 234 g/mol. The van der Waals surface area contributed by atoms with Gasteiger partial charge < -0.3 is 10.2 Å². The highest BCUT2D eigenvalue weighted by atomic mass is 16.3. The van der Waals surface area contributed by atoms with Crippen molar-refractivity contribution in [1.82, 2.24) is 0 Å². The Balaban J connectivity index is 3.39. The third-order valence-electron chi connectivity index (χ3n) is 3.25. The number of aliphatic hydroxyl groups is 2. The summed E-state index contributed by atoms with van der Waals surface area (Å²) >= 11 is 0. The van der Waals surface area contributed by atoms with Crippen LogP contribution in [0.3, 0.4) is 0 Å². The van der Waals surface area contributed by atoms with Crippen molar-refractivity contribution in [1.29, 1.82) is 0 Å². The number of hydrogen-bond donors (Lipinski definition) is 2. The SMILES string of the molecule is C=c1cccc/c1=C(\O)C(C)(C)C(O)C(C)C. The normalized spacial score (nSPS) is 15.9. The molecule has 94 valence electrons. The summed E-state index contributed by atoms with van der Waals surface area (Å²) in [5, 5.41) is 22.0. The molecular weight excluding hydrogens is 212 g/mol. The molecule has 1 rings (SSSR count). The fourth-order valence-corrected chi connectivity index (χ4v) is 2.07. The van der Waals surface area contributed by atoms with Crippen molar-refractivity contribution < 1.29 is 10.2 Å². The van der Waals surface area contributed by atoms with E-state index >= 15 is 0 Å². The van der Waals surface area contributed by atoms with E-state index in [0.29, 0.717) is 5.22 Å². The number of aliphatic hydroxyl groups excluding tert-OH is 2. The molecule has 17 heavy (non-hydrogen) atoms. The van der Waals surface area contributed by atoms with Gasteiger partial charge in [-0.05, 0) is 11.1 Å². The molecule has 0 amide bonds. The van der Waals surface area contributed by atoms with Gasteiger partial charge in [-0.2, -0.15) is 0 Å². The van der Waals surface area contributed by atoms with Crippen molar-refractivity contribution in [2.75, 3.05) is 0 Å². The summed E-state index contributed by atoms with van der Waals surface area (Å²) in [5.41, 5.74) is -0.679. The smallest absolute Gasteiger partial charge is 0.108 e. The van der Waals surface area contributed by atoms with Crippen LogP contribution in [0.2, 0.25) is 0 Å². The number of benzene rings is 1. The minimum absolute atomic E-state index is 0.0872. The predicted molar refractivity (Wildman–Crippen MR) is 71.9 cm³/mol. The van der Waals surface area contributed by atoms with Gasteiger partial charge in [0.15, 0.2) is 0 Å². The lowest BCUT2D eigenvalue weighted by atomic mass is 9.78. The summed E-state index contributed by atoms with van der Waals surface area (Å²) in [7, 11) is 0. The molecule has 0 aliphatic carbocycles. The van der Waals surface area contributed by atoms with Crippen molar-refractivity contribution in [3.8, 4) is 0 Å². The standard InChI is InChI=1S/C15H22O2/c1-10(2)13(16)15(4,5)14(17)12-9-7-6-8-11(12)3/h6-10,13,16-17H,3H2,1-2,4-5H3/b14-12+. The van der Waals surface area contributed by atoms with Crippen LogP contribution in [0, 0.1) is 11.3 Å². The molecule has 1 aromatic carbocycles. The van der Waals surface area contributed by atoms with Crippen molar-refractivity contribution >= 4 is 12.3 Å². The molecule has 1 aromatic rings. The summed E-state index contributed by atoms with van der Waals surface area (Å²) in [5.74, 6) is 0.286. The maximum atomic E-state index is 10.4. The van der Waals surface area contributed by atoms with Gasteiger partial charge in [0.2, 0.25) is 0 Å². The second kappa shape index (κ2) is 4.92. The van der Waals surface area contributed by atoms with Crippen molar-refractivity contribution in [2.24, 2.45) is 11.3 Å². The third-order valence-corrected chi connectivity index (χ3v) is 3.25. The molecule has 0 aromatic heterocycles. The first kappa shape index (κ1) is 13.8. The van der Waals surface area contributed by atoms with Crippen molar-refractivity contribution in [3.05, 3.63) is 34.7 Å². The Morgan fingerprint density at radius 2 is 1.76 bits per heavy atom. The Kier molecular flexibility index (Phi) is 3.99. The molecule has 0 fully saturated rings. The first-order valence-electron chi connectivity index (χ1n) is 5.94. The van der Waals surface area contributed by atoms with Crippen LogP contribution in [-0.4, -0.2) is 16.3 Å². The average Bonchev–Trinajstić information content (AvgIpc) is 2.27. The van der Waals surface area contributed by atoms with Gasteiger partial charge in [-0.1, -0.05) is 58.5 Å². The van der Waals surface area contributed by atoms with Crippen LogP contribution >= 0.6 is 0 Å². The molecule has 0 saturated carbocycles. The van der Waals surface area contributed by atoms with Gasteiger partial charge in [-0.15, -0.1) is 0 Å². The zero-order valence-corrected chi connectivity index (χ0v) is 11.1. The Bertz CT molecular complexity index is 486. The minimum atomic E-state index is -0.679. The Morgan fingerprint density at radius 1 is 1.24 bits per heavy atom. The maximum Gasteiger partial charge on any atom is 0.108 e. The Morgan fingerprint density at radius 3 is 2.24 bits per heavy atom. The molecule has 1 unspecified atom stereocenters. The van der Waals surface area contributed by atoms with Crippen molar-refractivity contribution in [3.63, 3.8) is 0 Å². The highest BCUT2D eigenvalue weighted by Gasteiger charge is 2.34. The van der Waals surface area contributed by atoms with Gasteiger partial charge in [0.25, 0.3) is 0 Å². The van der Waals surface area contributed by atoms with Crippen LogP contribution in [0.15, 0.2) is 24.3 Å². The fourth-order valence-electron chi connectivity index (χ4n) is 2.07. The zero-order chi connectivity index (χ0) is 13.2. The molecule has 0 radical (unpaired) electrons. The molecule has 2 heteroatoms. The number of hydrogen-bond acceptors (Lipinski definition) is 2. The molecule has 0 aliphatic rings. The fraction of sp³-hybridized carbons (Fsp3) is 0.467. The van der Waals surface area contributed by atoms with E-state index in [2.05, 4.69) is 6.58 Å². The first-order valence-corrected chi connectivity index (χ1v) is 5.94. The van der Waals surface area contributed by atoms with Crippen LogP contribution in [0.25, 0.3) is 12.3 Å². The van der Waals surface area contributed by atoms with Gasteiger partial charge >= 0.3 is 0 Å². The first-order chi connectivity index (χ1) is 7.78. The van der Waals surface area contributed by atoms with Crippen LogP contribution in [0.5, 0.6) is 0 Å². The van der Waals surface area contributed by atoms with E-state index in [1.165, 1.54) is 0 Å². The lowest BCUT2D eigenvalue weighted by Gasteiger charge is -2.32. The van der Waals surface area contributed by atoms with E-state index in [0.717, 1.165) is 5.22 Å². The summed E-state index contributed by atoms with van der Waals surface area (Å²) in [6.45, 7) is 11.5. The summed E-state index contributed by atoms with van der Waals surface area (Å²) in [6.07, 6.45) is -0.595. The molecule has 2 N–H and O–H groups in total. The quantitative estimate of drug-likeness (QED) is 0.837. The monoisotopic (exact) mass is 234 g/mol. The second-order valence-corrected chi connectivity index (χ2v) is 5.42. The van der Waals surface area contributed by atoms with Gasteiger partial charge in [-0.3, -0.25) is 0 Å². The van der Waals surface area contributed by atoms with Gasteiger partial charge in [0.05, 0.1) is 6.10 Å². The molecule has 2 nitrogen and oxygen atoms in total. The van der Waals surface area contributed by atoms with E-state index in [9.17, 15) is 10.2 Å². The van der Waals surface area contributed by atoms with E-state index in [1.807, 2.05) is 52.0 Å². The third kappa shape index (κ3) is 2.70. The largest absolute Gasteiger partial charge is 0.511 e. The predicted octanol–water partition coefficient (Wildman–Crippen LogP) is 1.81. The lowest BCUT2D eigenvalue weighted by Crippen LogP contribution is -2.40. The van der Waals surface area contributed by atoms with Crippen LogP contribution < -0.4 is 10.4 Å². The molecule has 0 saturated heterocycles. The second-order valence-electron chi connectivity index (χ2n) is 5.42. The Hall–Kier alpha value is -1.28. The van der Waals surface area contributed by atoms with E-state index in [4.69, 9.17) is 0 Å². The molecule has 0 heterocycles. The van der Waals surface area contributed by atoms with Gasteiger partial charge in [0, 0.05) is 10.6 Å². The highest BCUT2D eigenvalue weighted by Crippen LogP contribution is 2.32. The number of rotatable bonds is 3. The molecule has 1 atom stereocenters. The molecule has 0 bridgehead atoms. The van der Waals surface area contributed by atoms with Crippen LogP contribution in [0.1, 0.15) is 27.7 Å². The van der Waals surface area contributed by atoms with Gasteiger partial charge in [-0.25, -0.2) is 0 Å². The van der Waals surface area contributed by atoms with E-state index < -0.39 is 11.5 Å². The van der Waals surface area contributed by atoms with E-state index in [1.54, 1.807) is 0 Å². The van der Waals surface area contributed by atoms with Crippen LogP contribution in [0.4, 0.5) is 0 Å².